The number of benzene rings is 1. The number of aliphatic hydroxyl groups excluding tert-OH is 1. The second kappa shape index (κ2) is 7.84. The number of amides is 1. The lowest BCUT2D eigenvalue weighted by Crippen LogP contribution is -2.27. The quantitative estimate of drug-likeness (QED) is 0.776. The van der Waals surface area contributed by atoms with Crippen LogP contribution in [0.1, 0.15) is 35.7 Å². The van der Waals surface area contributed by atoms with Crippen molar-refractivity contribution in [3.63, 3.8) is 0 Å². The van der Waals surface area contributed by atoms with Gasteiger partial charge in [0.25, 0.3) is 5.91 Å². The molecule has 2 N–H and O–H groups in total. The lowest BCUT2D eigenvalue weighted by molar-refractivity contribution is 0.0941. The molecule has 0 heterocycles. The maximum atomic E-state index is 11.8. The summed E-state index contributed by atoms with van der Waals surface area (Å²) in [5, 5.41) is 12.2. The molecule has 1 aromatic carbocycles. The number of carbonyl (C=O) groups is 1. The van der Waals surface area contributed by atoms with Crippen LogP contribution in [0.25, 0.3) is 0 Å². The Morgan fingerprint density at radius 3 is 2.94 bits per heavy atom. The van der Waals surface area contributed by atoms with Crippen LogP contribution < -0.4 is 5.32 Å². The van der Waals surface area contributed by atoms with Crippen LogP contribution in [0.3, 0.4) is 0 Å². The summed E-state index contributed by atoms with van der Waals surface area (Å²) in [7, 11) is 1.62. The van der Waals surface area contributed by atoms with Crippen LogP contribution in [-0.4, -0.2) is 30.8 Å². The molecule has 0 saturated carbocycles. The van der Waals surface area contributed by atoms with Gasteiger partial charge in [-0.1, -0.05) is 19.1 Å². The second-order valence-electron chi connectivity index (χ2n) is 4.24. The van der Waals surface area contributed by atoms with Gasteiger partial charge < -0.3 is 15.2 Å². The summed E-state index contributed by atoms with van der Waals surface area (Å²) in [5.41, 5.74) is 1.59. The van der Waals surface area contributed by atoms with E-state index in [1.165, 1.54) is 0 Å². The maximum Gasteiger partial charge on any atom is 0.251 e. The van der Waals surface area contributed by atoms with E-state index in [2.05, 4.69) is 5.32 Å². The topological polar surface area (TPSA) is 58.6 Å². The molecule has 1 rings (SSSR count). The summed E-state index contributed by atoms with van der Waals surface area (Å²) >= 11 is 0. The van der Waals surface area contributed by atoms with E-state index >= 15 is 0 Å². The molecule has 4 heteroatoms. The molecular weight excluding hydrogens is 230 g/mol. The average molecular weight is 251 g/mol. The zero-order chi connectivity index (χ0) is 13.4. The number of ether oxygens (including phenoxy) is 1. The van der Waals surface area contributed by atoms with Crippen molar-refractivity contribution in [1.29, 1.82) is 0 Å². The number of hydrogen-bond acceptors (Lipinski definition) is 3. The predicted octanol–water partition coefficient (Wildman–Crippen LogP) is 1.72. The summed E-state index contributed by atoms with van der Waals surface area (Å²) < 4.78 is 5.03. The highest BCUT2D eigenvalue weighted by atomic mass is 16.5. The number of carbonyl (C=O) groups excluding carboxylic acids is 1. The zero-order valence-corrected chi connectivity index (χ0v) is 11.0. The van der Waals surface area contributed by atoms with Crippen LogP contribution in [0.15, 0.2) is 24.3 Å². The van der Waals surface area contributed by atoms with Crippen molar-refractivity contribution in [3.05, 3.63) is 35.4 Å². The van der Waals surface area contributed by atoms with Gasteiger partial charge in [0, 0.05) is 19.2 Å². The summed E-state index contributed by atoms with van der Waals surface area (Å²) in [5.74, 6) is -0.115. The van der Waals surface area contributed by atoms with Crippen LogP contribution >= 0.6 is 0 Å². The molecule has 0 radical (unpaired) electrons. The fourth-order valence-corrected chi connectivity index (χ4v) is 1.63. The van der Waals surface area contributed by atoms with Crippen molar-refractivity contribution < 1.29 is 14.6 Å². The molecule has 18 heavy (non-hydrogen) atoms. The highest BCUT2D eigenvalue weighted by Crippen LogP contribution is 2.06. The first-order valence-electron chi connectivity index (χ1n) is 6.21. The molecule has 4 nitrogen and oxygen atoms in total. The first kappa shape index (κ1) is 14.7. The van der Waals surface area contributed by atoms with Crippen LogP contribution in [0, 0.1) is 0 Å². The minimum Gasteiger partial charge on any atom is -0.393 e. The van der Waals surface area contributed by atoms with Crippen molar-refractivity contribution in [2.24, 2.45) is 0 Å². The van der Waals surface area contributed by atoms with E-state index in [1.807, 2.05) is 25.1 Å². The van der Waals surface area contributed by atoms with Gasteiger partial charge in [0.2, 0.25) is 0 Å². The van der Waals surface area contributed by atoms with Gasteiger partial charge in [-0.15, -0.1) is 0 Å². The minimum atomic E-state index is -0.342. The fourth-order valence-electron chi connectivity index (χ4n) is 1.63. The standard InChI is InChI=1S/C14H21NO3/c1-3-13(16)7-8-15-14(17)12-6-4-5-11(9-12)10-18-2/h4-6,9,13,16H,3,7-8,10H2,1-2H3,(H,15,17). The molecule has 0 aliphatic heterocycles. The summed E-state index contributed by atoms with van der Waals surface area (Å²) in [6, 6.07) is 7.34. The monoisotopic (exact) mass is 251 g/mol. The first-order valence-corrected chi connectivity index (χ1v) is 6.21. The third-order valence-corrected chi connectivity index (χ3v) is 2.73. The summed E-state index contributed by atoms with van der Waals surface area (Å²) in [4.78, 5) is 11.8. The number of nitrogens with one attached hydrogen (secondary N) is 1. The second-order valence-corrected chi connectivity index (χ2v) is 4.24. The number of hydrogen-bond donors (Lipinski definition) is 2. The molecule has 100 valence electrons. The van der Waals surface area contributed by atoms with Gasteiger partial charge >= 0.3 is 0 Å². The SMILES string of the molecule is CCC(O)CCNC(=O)c1cccc(COC)c1. The predicted molar refractivity (Wildman–Crippen MR) is 70.4 cm³/mol. The lowest BCUT2D eigenvalue weighted by atomic mass is 10.1. The minimum absolute atomic E-state index is 0.115. The molecule has 0 aromatic heterocycles. The van der Waals surface area contributed by atoms with E-state index < -0.39 is 0 Å². The van der Waals surface area contributed by atoms with Gasteiger partial charge in [0.05, 0.1) is 12.7 Å². The van der Waals surface area contributed by atoms with Crippen molar-refractivity contribution in [2.75, 3.05) is 13.7 Å². The van der Waals surface area contributed by atoms with E-state index in [0.717, 1.165) is 5.56 Å². The number of rotatable bonds is 7. The van der Waals surface area contributed by atoms with Gasteiger partial charge in [-0.2, -0.15) is 0 Å². The molecule has 1 amide bonds. The Morgan fingerprint density at radius 1 is 1.50 bits per heavy atom. The van der Waals surface area contributed by atoms with Gasteiger partial charge in [-0.3, -0.25) is 4.79 Å². The molecular formula is C14H21NO3. The molecule has 0 aliphatic carbocycles. The molecule has 1 atom stereocenters. The molecule has 0 saturated heterocycles. The van der Waals surface area contributed by atoms with Crippen LogP contribution in [0.2, 0.25) is 0 Å². The highest BCUT2D eigenvalue weighted by Gasteiger charge is 2.07. The smallest absolute Gasteiger partial charge is 0.251 e. The Hall–Kier alpha value is -1.39. The first-order chi connectivity index (χ1) is 8.67. The molecule has 1 unspecified atom stereocenters. The number of methoxy groups -OCH3 is 1. The molecule has 0 aliphatic rings. The average Bonchev–Trinajstić information content (AvgIpc) is 2.39. The van der Waals surface area contributed by atoms with E-state index in [1.54, 1.807) is 13.2 Å². The Bertz CT molecular complexity index is 379. The van der Waals surface area contributed by atoms with Gasteiger partial charge in [-0.05, 0) is 30.5 Å². The van der Waals surface area contributed by atoms with E-state index in [-0.39, 0.29) is 12.0 Å². The van der Waals surface area contributed by atoms with E-state index in [0.29, 0.717) is 31.6 Å². The third-order valence-electron chi connectivity index (χ3n) is 2.73. The fraction of sp³-hybridized carbons (Fsp3) is 0.500. The van der Waals surface area contributed by atoms with Crippen LogP contribution in [0.5, 0.6) is 0 Å². The Kier molecular flexibility index (Phi) is 6.39. The van der Waals surface area contributed by atoms with E-state index in [9.17, 15) is 9.90 Å². The van der Waals surface area contributed by atoms with Crippen molar-refractivity contribution in [1.82, 2.24) is 5.32 Å². The summed E-state index contributed by atoms with van der Waals surface area (Å²) in [6.45, 7) is 2.90. The molecule has 1 aromatic rings. The Labute approximate surface area is 108 Å². The Balaban J connectivity index is 2.48. The van der Waals surface area contributed by atoms with E-state index in [4.69, 9.17) is 4.74 Å². The van der Waals surface area contributed by atoms with Crippen LogP contribution in [-0.2, 0) is 11.3 Å². The molecule has 0 fully saturated rings. The van der Waals surface area contributed by atoms with Gasteiger partial charge in [-0.25, -0.2) is 0 Å². The lowest BCUT2D eigenvalue weighted by Gasteiger charge is -2.09. The summed E-state index contributed by atoms with van der Waals surface area (Å²) in [6.07, 6.45) is 0.948. The largest absolute Gasteiger partial charge is 0.393 e. The van der Waals surface area contributed by atoms with Crippen LogP contribution in [0.4, 0.5) is 0 Å². The highest BCUT2D eigenvalue weighted by molar-refractivity contribution is 5.94. The molecule has 0 bridgehead atoms. The Morgan fingerprint density at radius 2 is 2.28 bits per heavy atom. The van der Waals surface area contributed by atoms with Crippen molar-refractivity contribution >= 4 is 5.91 Å². The normalized spacial score (nSPS) is 12.2. The maximum absolute atomic E-state index is 11.8. The zero-order valence-electron chi connectivity index (χ0n) is 11.0. The third kappa shape index (κ3) is 4.85. The number of aliphatic hydroxyl groups is 1. The van der Waals surface area contributed by atoms with Crippen molar-refractivity contribution in [3.8, 4) is 0 Å². The molecule has 0 spiro atoms. The van der Waals surface area contributed by atoms with Crippen molar-refractivity contribution in [2.45, 2.75) is 32.5 Å². The van der Waals surface area contributed by atoms with Gasteiger partial charge in [0.1, 0.15) is 0 Å². The van der Waals surface area contributed by atoms with Gasteiger partial charge in [0.15, 0.2) is 0 Å².